The molecular weight excluding hydrogens is 460 g/mol. The molecule has 36 heavy (non-hydrogen) atoms. The van der Waals surface area contributed by atoms with Crippen LogP contribution >= 0.6 is 0 Å². The summed E-state index contributed by atoms with van der Waals surface area (Å²) in [4.78, 5) is 53.2. The van der Waals surface area contributed by atoms with Crippen molar-refractivity contribution in [1.82, 2.24) is 15.1 Å². The number of nitro groups is 1. The van der Waals surface area contributed by atoms with Gasteiger partial charge < -0.3 is 15.1 Å². The maximum absolute atomic E-state index is 13.5. The summed E-state index contributed by atoms with van der Waals surface area (Å²) in [6.45, 7) is 7.34. The fourth-order valence-electron chi connectivity index (χ4n) is 5.03. The predicted molar refractivity (Wildman–Crippen MR) is 138 cm³/mol. The average Bonchev–Trinajstić information content (AvgIpc) is 2.90. The van der Waals surface area contributed by atoms with Crippen LogP contribution in [-0.4, -0.2) is 64.2 Å². The molecule has 0 bridgehead atoms. The van der Waals surface area contributed by atoms with E-state index in [1.54, 1.807) is 23.1 Å². The van der Waals surface area contributed by atoms with Crippen LogP contribution in [0.25, 0.3) is 6.08 Å². The molecule has 3 rings (SSSR count). The third kappa shape index (κ3) is 6.92. The number of benzene rings is 1. The molecule has 1 N–H and O–H groups in total. The minimum Gasteiger partial charge on any atom is -0.340 e. The minimum atomic E-state index is -0.670. The van der Waals surface area contributed by atoms with Gasteiger partial charge in [0.15, 0.2) is 0 Å². The van der Waals surface area contributed by atoms with Crippen molar-refractivity contribution in [3.8, 4) is 0 Å². The number of nitrogens with one attached hydrogen (secondary N) is 1. The molecule has 9 heteroatoms. The molecule has 1 aromatic rings. The Kier molecular flexibility index (Phi) is 9.61. The highest BCUT2D eigenvalue weighted by Crippen LogP contribution is 2.27. The lowest BCUT2D eigenvalue weighted by atomic mass is 9.87. The smallest absolute Gasteiger partial charge is 0.269 e. The van der Waals surface area contributed by atoms with Crippen molar-refractivity contribution < 1.29 is 19.3 Å². The van der Waals surface area contributed by atoms with Gasteiger partial charge in [0, 0.05) is 49.8 Å². The molecule has 196 valence electrons. The van der Waals surface area contributed by atoms with Crippen LogP contribution in [0.2, 0.25) is 0 Å². The molecule has 3 atom stereocenters. The van der Waals surface area contributed by atoms with Gasteiger partial charge in [0.25, 0.3) is 5.69 Å². The van der Waals surface area contributed by atoms with Gasteiger partial charge in [-0.15, -0.1) is 0 Å². The van der Waals surface area contributed by atoms with Crippen LogP contribution in [0.1, 0.15) is 64.9 Å². The summed E-state index contributed by atoms with van der Waals surface area (Å²) in [5, 5.41) is 13.7. The Labute approximate surface area is 213 Å². The number of rotatable bonds is 8. The first-order valence-corrected chi connectivity index (χ1v) is 13.0. The average molecular weight is 499 g/mol. The van der Waals surface area contributed by atoms with E-state index in [9.17, 15) is 24.5 Å². The zero-order valence-electron chi connectivity index (χ0n) is 21.5. The normalized spacial score (nSPS) is 20.7. The number of carbonyl (C=O) groups is 3. The summed E-state index contributed by atoms with van der Waals surface area (Å²) < 4.78 is 0. The van der Waals surface area contributed by atoms with Crippen LogP contribution in [0.5, 0.6) is 0 Å². The number of hydrogen-bond donors (Lipinski definition) is 1. The third-order valence-electron chi connectivity index (χ3n) is 7.48. The molecule has 2 aliphatic rings. The lowest BCUT2D eigenvalue weighted by Crippen LogP contribution is -2.60. The zero-order valence-corrected chi connectivity index (χ0v) is 21.5. The summed E-state index contributed by atoms with van der Waals surface area (Å²) in [6.07, 6.45) is 8.96. The van der Waals surface area contributed by atoms with E-state index in [0.717, 1.165) is 32.1 Å². The Bertz CT molecular complexity index is 971. The van der Waals surface area contributed by atoms with E-state index < -0.39 is 16.9 Å². The number of amides is 3. The number of hydrogen-bond acceptors (Lipinski definition) is 5. The van der Waals surface area contributed by atoms with Crippen molar-refractivity contribution in [2.24, 2.45) is 11.8 Å². The van der Waals surface area contributed by atoms with E-state index >= 15 is 0 Å². The molecular formula is C27H38N4O5. The van der Waals surface area contributed by atoms with Crippen LogP contribution in [0, 0.1) is 22.0 Å². The van der Waals surface area contributed by atoms with Crippen LogP contribution < -0.4 is 5.32 Å². The summed E-state index contributed by atoms with van der Waals surface area (Å²) >= 11 is 0. The predicted octanol–water partition coefficient (Wildman–Crippen LogP) is 3.78. The highest BCUT2D eigenvalue weighted by atomic mass is 16.6. The standard InChI is InChI=1S/C27H38N4O5/c1-4-19(2)25(28-24(32)15-12-21-10-13-23(14-11-21)31(35)36)27(34)29-16-17-30(20(3)18-29)26(33)22-8-6-5-7-9-22/h10-15,19-20,22,25H,4-9,16-18H2,1-3H3,(H,28,32)/b15-12+/t19-,20-,25+/m0/s1. The molecule has 0 unspecified atom stereocenters. The number of piperazine rings is 1. The Morgan fingerprint density at radius 3 is 2.39 bits per heavy atom. The number of non-ortho nitro benzene ring substituents is 1. The van der Waals surface area contributed by atoms with E-state index in [4.69, 9.17) is 0 Å². The van der Waals surface area contributed by atoms with Gasteiger partial charge in [0.05, 0.1) is 4.92 Å². The molecule has 1 aliphatic heterocycles. The Balaban J connectivity index is 1.60. The number of carbonyl (C=O) groups excluding carboxylic acids is 3. The number of nitrogens with zero attached hydrogens (tertiary/aromatic N) is 3. The van der Waals surface area contributed by atoms with E-state index in [1.165, 1.54) is 24.6 Å². The Hall–Kier alpha value is -3.23. The quantitative estimate of drug-likeness (QED) is 0.333. The molecule has 3 amide bonds. The zero-order chi connectivity index (χ0) is 26.2. The van der Waals surface area contributed by atoms with Crippen molar-refractivity contribution in [2.45, 2.75) is 71.4 Å². The van der Waals surface area contributed by atoms with Gasteiger partial charge in [-0.2, -0.15) is 0 Å². The summed E-state index contributed by atoms with van der Waals surface area (Å²) in [5.41, 5.74) is 0.628. The van der Waals surface area contributed by atoms with E-state index in [0.29, 0.717) is 25.2 Å². The third-order valence-corrected chi connectivity index (χ3v) is 7.48. The topological polar surface area (TPSA) is 113 Å². The van der Waals surface area contributed by atoms with Crippen molar-refractivity contribution in [3.05, 3.63) is 46.0 Å². The second kappa shape index (κ2) is 12.6. The molecule has 1 aromatic carbocycles. The molecule has 9 nitrogen and oxygen atoms in total. The Morgan fingerprint density at radius 1 is 1.14 bits per heavy atom. The SMILES string of the molecule is CC[C@H](C)[C@@H](NC(=O)/C=C/c1ccc([N+](=O)[O-])cc1)C(=O)N1CCN(C(=O)C2CCCCC2)[C@@H](C)C1. The second-order valence-corrected chi connectivity index (χ2v) is 10.1. The first kappa shape index (κ1) is 27.4. The first-order valence-electron chi connectivity index (χ1n) is 13.0. The van der Waals surface area contributed by atoms with Gasteiger partial charge >= 0.3 is 0 Å². The highest BCUT2D eigenvalue weighted by molar-refractivity contribution is 5.95. The lowest BCUT2D eigenvalue weighted by molar-refractivity contribution is -0.384. The fraction of sp³-hybridized carbons (Fsp3) is 0.593. The lowest BCUT2D eigenvalue weighted by Gasteiger charge is -2.43. The van der Waals surface area contributed by atoms with Gasteiger partial charge in [-0.3, -0.25) is 24.5 Å². The van der Waals surface area contributed by atoms with Crippen molar-refractivity contribution in [2.75, 3.05) is 19.6 Å². The molecule has 1 aliphatic carbocycles. The van der Waals surface area contributed by atoms with Crippen LogP contribution in [-0.2, 0) is 14.4 Å². The second-order valence-electron chi connectivity index (χ2n) is 10.1. The van der Waals surface area contributed by atoms with E-state index in [-0.39, 0.29) is 35.4 Å². The van der Waals surface area contributed by atoms with Gasteiger partial charge in [-0.1, -0.05) is 39.5 Å². The van der Waals surface area contributed by atoms with Gasteiger partial charge in [-0.05, 0) is 49.5 Å². The number of nitro benzene ring substituents is 1. The molecule has 2 fully saturated rings. The summed E-state index contributed by atoms with van der Waals surface area (Å²) in [7, 11) is 0. The molecule has 1 saturated heterocycles. The first-order chi connectivity index (χ1) is 17.2. The minimum absolute atomic E-state index is 0.0196. The fourth-order valence-corrected chi connectivity index (χ4v) is 5.03. The van der Waals surface area contributed by atoms with Gasteiger partial charge in [0.1, 0.15) is 6.04 Å². The van der Waals surface area contributed by atoms with Crippen LogP contribution in [0.4, 0.5) is 5.69 Å². The van der Waals surface area contributed by atoms with E-state index in [1.807, 2.05) is 25.7 Å². The molecule has 0 spiro atoms. The van der Waals surface area contributed by atoms with Gasteiger partial charge in [-0.25, -0.2) is 0 Å². The Morgan fingerprint density at radius 2 is 1.81 bits per heavy atom. The van der Waals surface area contributed by atoms with Crippen LogP contribution in [0.15, 0.2) is 30.3 Å². The van der Waals surface area contributed by atoms with Crippen molar-refractivity contribution in [1.29, 1.82) is 0 Å². The summed E-state index contributed by atoms with van der Waals surface area (Å²) in [6, 6.07) is 5.15. The molecule has 1 heterocycles. The monoisotopic (exact) mass is 498 g/mol. The summed E-state index contributed by atoms with van der Waals surface area (Å²) in [5.74, 6) is -0.258. The van der Waals surface area contributed by atoms with Crippen molar-refractivity contribution in [3.63, 3.8) is 0 Å². The maximum atomic E-state index is 13.5. The maximum Gasteiger partial charge on any atom is 0.269 e. The van der Waals surface area contributed by atoms with Crippen molar-refractivity contribution >= 4 is 29.5 Å². The largest absolute Gasteiger partial charge is 0.340 e. The van der Waals surface area contributed by atoms with Crippen LogP contribution in [0.3, 0.4) is 0 Å². The molecule has 0 aromatic heterocycles. The van der Waals surface area contributed by atoms with Gasteiger partial charge in [0.2, 0.25) is 17.7 Å². The highest BCUT2D eigenvalue weighted by Gasteiger charge is 2.36. The molecule has 0 radical (unpaired) electrons. The van der Waals surface area contributed by atoms with E-state index in [2.05, 4.69) is 5.32 Å². The molecule has 1 saturated carbocycles.